The van der Waals surface area contributed by atoms with Gasteiger partial charge >= 0.3 is 0 Å². The van der Waals surface area contributed by atoms with Crippen LogP contribution >= 0.6 is 0 Å². The van der Waals surface area contributed by atoms with Crippen LogP contribution in [0.25, 0.3) is 10.8 Å². The Kier molecular flexibility index (Phi) is 2.83. The van der Waals surface area contributed by atoms with Crippen molar-refractivity contribution in [1.82, 2.24) is 0 Å². The van der Waals surface area contributed by atoms with Crippen LogP contribution in [0.5, 0.6) is 11.5 Å². The van der Waals surface area contributed by atoms with Crippen LogP contribution in [-0.2, 0) is 4.79 Å². The summed E-state index contributed by atoms with van der Waals surface area (Å²) in [6, 6.07) is 11.8. The van der Waals surface area contributed by atoms with Gasteiger partial charge in [0, 0.05) is 18.4 Å². The minimum Gasteiger partial charge on any atom is -0.451 e. The summed E-state index contributed by atoms with van der Waals surface area (Å²) in [6.45, 7) is 0. The lowest BCUT2D eigenvalue weighted by molar-refractivity contribution is -0.188. The molecule has 5 rings (SSSR count). The van der Waals surface area contributed by atoms with Gasteiger partial charge in [-0.1, -0.05) is 30.3 Å². The number of carbonyl (C=O) groups excluding carboxylic acids is 1. The van der Waals surface area contributed by atoms with E-state index in [1.165, 1.54) is 0 Å². The monoisotopic (exact) mass is 322 g/mol. The van der Waals surface area contributed by atoms with Crippen LogP contribution in [0.4, 0.5) is 0 Å². The Morgan fingerprint density at radius 2 is 1.79 bits per heavy atom. The van der Waals surface area contributed by atoms with Gasteiger partial charge in [-0.15, -0.1) is 0 Å². The molecule has 0 unspecified atom stereocenters. The fourth-order valence-electron chi connectivity index (χ4n) is 4.39. The lowest BCUT2D eigenvalue weighted by atomic mass is 9.71. The first-order valence-corrected chi connectivity index (χ1v) is 8.49. The first-order valence-electron chi connectivity index (χ1n) is 8.49. The second-order valence-corrected chi connectivity index (χ2v) is 6.83. The van der Waals surface area contributed by atoms with Gasteiger partial charge in [0.2, 0.25) is 0 Å². The van der Waals surface area contributed by atoms with Gasteiger partial charge in [0.15, 0.2) is 5.78 Å². The molecule has 1 spiro atoms. The number of aliphatic hydroxyl groups excluding tert-OH is 1. The maximum atomic E-state index is 12.3. The number of rotatable bonds is 0. The Balaban J connectivity index is 1.67. The molecule has 24 heavy (non-hydrogen) atoms. The highest BCUT2D eigenvalue weighted by Crippen LogP contribution is 2.50. The quantitative estimate of drug-likeness (QED) is 0.808. The first-order chi connectivity index (χ1) is 11.7. The van der Waals surface area contributed by atoms with E-state index in [0.717, 1.165) is 22.3 Å². The number of Topliss-reactive ketones (excluding diaryl/α,β-unsaturated/α-hetero) is 1. The highest BCUT2D eigenvalue weighted by molar-refractivity contribution is 5.98. The smallest absolute Gasteiger partial charge is 0.260 e. The van der Waals surface area contributed by atoms with Crippen LogP contribution in [0.15, 0.2) is 48.0 Å². The summed E-state index contributed by atoms with van der Waals surface area (Å²) in [4.78, 5) is 12.3. The number of hydrogen-bond donors (Lipinski definition) is 1. The van der Waals surface area contributed by atoms with Crippen LogP contribution in [0.1, 0.15) is 25.7 Å². The second kappa shape index (κ2) is 4.84. The molecule has 2 aliphatic carbocycles. The Bertz CT molecular complexity index is 842. The van der Waals surface area contributed by atoms with E-state index >= 15 is 0 Å². The number of fused-ring (bicyclic) bond motifs is 2. The van der Waals surface area contributed by atoms with Gasteiger partial charge in [-0.2, -0.15) is 0 Å². The Morgan fingerprint density at radius 1 is 1.08 bits per heavy atom. The molecule has 4 nitrogen and oxygen atoms in total. The molecule has 2 atom stereocenters. The molecule has 2 aromatic rings. The fourth-order valence-corrected chi connectivity index (χ4v) is 4.39. The lowest BCUT2D eigenvalue weighted by Crippen LogP contribution is -2.58. The third-order valence-corrected chi connectivity index (χ3v) is 5.43. The molecule has 1 saturated carbocycles. The summed E-state index contributed by atoms with van der Waals surface area (Å²) < 4.78 is 12.7. The SMILES string of the molecule is O=C1CC[C@H](O)[C@H]2C1=CCCC21Oc2cccc3cccc(c23)O1. The van der Waals surface area contributed by atoms with Crippen molar-refractivity contribution in [2.45, 2.75) is 37.6 Å². The third kappa shape index (κ3) is 1.80. The number of ketones is 1. The summed E-state index contributed by atoms with van der Waals surface area (Å²) in [5.74, 6) is 0.203. The Labute approximate surface area is 139 Å². The van der Waals surface area contributed by atoms with Crippen molar-refractivity contribution in [3.63, 3.8) is 0 Å². The molecule has 0 amide bonds. The van der Waals surface area contributed by atoms with E-state index in [0.29, 0.717) is 31.3 Å². The predicted octanol–water partition coefficient (Wildman–Crippen LogP) is 3.37. The number of ether oxygens (including phenoxy) is 2. The zero-order valence-electron chi connectivity index (χ0n) is 13.2. The van der Waals surface area contributed by atoms with Crippen molar-refractivity contribution in [3.8, 4) is 11.5 Å². The number of benzene rings is 2. The van der Waals surface area contributed by atoms with Crippen LogP contribution in [0, 0.1) is 5.92 Å². The van der Waals surface area contributed by atoms with Gasteiger partial charge in [0.25, 0.3) is 5.79 Å². The first kappa shape index (κ1) is 14.1. The third-order valence-electron chi connectivity index (χ3n) is 5.43. The number of carbonyl (C=O) groups is 1. The van der Waals surface area contributed by atoms with Crippen LogP contribution in [0.3, 0.4) is 0 Å². The number of aliphatic hydroxyl groups is 1. The fraction of sp³-hybridized carbons (Fsp3) is 0.350. The van der Waals surface area contributed by atoms with Crippen LogP contribution in [0.2, 0.25) is 0 Å². The van der Waals surface area contributed by atoms with Gasteiger partial charge in [-0.3, -0.25) is 4.79 Å². The molecular weight excluding hydrogens is 304 g/mol. The van der Waals surface area contributed by atoms with E-state index < -0.39 is 17.8 Å². The van der Waals surface area contributed by atoms with Gasteiger partial charge in [0.1, 0.15) is 11.5 Å². The van der Waals surface area contributed by atoms with Gasteiger partial charge < -0.3 is 14.6 Å². The van der Waals surface area contributed by atoms with Crippen molar-refractivity contribution in [1.29, 1.82) is 0 Å². The molecule has 0 aromatic heterocycles. The van der Waals surface area contributed by atoms with Crippen molar-refractivity contribution >= 4 is 16.6 Å². The van der Waals surface area contributed by atoms with E-state index in [2.05, 4.69) is 0 Å². The van der Waals surface area contributed by atoms with Crippen LogP contribution in [-0.4, -0.2) is 22.8 Å². The molecule has 0 radical (unpaired) electrons. The maximum Gasteiger partial charge on any atom is 0.260 e. The second-order valence-electron chi connectivity index (χ2n) is 6.83. The predicted molar refractivity (Wildman–Crippen MR) is 89.0 cm³/mol. The average Bonchev–Trinajstić information content (AvgIpc) is 2.58. The number of allylic oxidation sites excluding steroid dienone is 1. The average molecular weight is 322 g/mol. The molecule has 0 saturated heterocycles. The Hall–Kier alpha value is -2.33. The normalized spacial score (nSPS) is 27.2. The molecule has 1 aliphatic heterocycles. The van der Waals surface area contributed by atoms with Crippen molar-refractivity contribution in [2.75, 3.05) is 0 Å². The molecule has 3 aliphatic rings. The topological polar surface area (TPSA) is 55.8 Å². The summed E-state index contributed by atoms with van der Waals surface area (Å²) >= 11 is 0. The van der Waals surface area contributed by atoms with E-state index in [1.807, 2.05) is 42.5 Å². The molecule has 2 aromatic carbocycles. The zero-order valence-corrected chi connectivity index (χ0v) is 13.2. The molecule has 1 heterocycles. The molecule has 122 valence electrons. The van der Waals surface area contributed by atoms with E-state index in [1.54, 1.807) is 0 Å². The highest BCUT2D eigenvalue weighted by atomic mass is 16.7. The molecule has 1 N–H and O–H groups in total. The summed E-state index contributed by atoms with van der Waals surface area (Å²) in [5.41, 5.74) is 0.673. The summed E-state index contributed by atoms with van der Waals surface area (Å²) in [6.07, 6.45) is 3.51. The zero-order chi connectivity index (χ0) is 16.3. The minimum absolute atomic E-state index is 0.105. The van der Waals surface area contributed by atoms with Crippen molar-refractivity contribution in [2.24, 2.45) is 5.92 Å². The van der Waals surface area contributed by atoms with Gasteiger partial charge in [-0.05, 0) is 30.4 Å². The van der Waals surface area contributed by atoms with Crippen LogP contribution < -0.4 is 9.47 Å². The number of hydrogen-bond acceptors (Lipinski definition) is 4. The van der Waals surface area contributed by atoms with Gasteiger partial charge in [-0.25, -0.2) is 0 Å². The molecule has 1 fully saturated rings. The maximum absolute atomic E-state index is 12.3. The van der Waals surface area contributed by atoms with Gasteiger partial charge in [0.05, 0.1) is 17.4 Å². The molecular formula is C20H18O4. The standard InChI is InChI=1S/C20H18O4/c21-14-9-10-15(22)19-13(14)6-3-11-20(19)23-16-7-1-4-12-5-2-8-17(24-20)18(12)16/h1-2,4-8,15,19,22H,3,9-11H2/t15-,19+/m0/s1. The minimum atomic E-state index is -0.998. The lowest BCUT2D eigenvalue weighted by Gasteiger charge is -2.48. The van der Waals surface area contributed by atoms with E-state index in [4.69, 9.17) is 9.47 Å². The highest BCUT2D eigenvalue weighted by Gasteiger charge is 2.55. The molecule has 0 bridgehead atoms. The Morgan fingerprint density at radius 3 is 2.50 bits per heavy atom. The van der Waals surface area contributed by atoms with E-state index in [9.17, 15) is 9.90 Å². The van der Waals surface area contributed by atoms with Crippen molar-refractivity contribution < 1.29 is 19.4 Å². The van der Waals surface area contributed by atoms with E-state index in [-0.39, 0.29) is 5.78 Å². The summed E-state index contributed by atoms with van der Waals surface area (Å²) in [5, 5.41) is 12.6. The summed E-state index contributed by atoms with van der Waals surface area (Å²) in [7, 11) is 0. The molecule has 4 heteroatoms. The largest absolute Gasteiger partial charge is 0.451 e. The van der Waals surface area contributed by atoms with Crippen molar-refractivity contribution in [3.05, 3.63) is 48.0 Å².